The average molecular weight is 402 g/mol. The van der Waals surface area contributed by atoms with Gasteiger partial charge in [0.05, 0.1) is 11.6 Å². The third kappa shape index (κ3) is 4.23. The monoisotopic (exact) mass is 402 g/mol. The van der Waals surface area contributed by atoms with Crippen LogP contribution in [-0.4, -0.2) is 34.2 Å². The Hall–Kier alpha value is -3.36. The number of rotatable bonds is 3. The van der Waals surface area contributed by atoms with Crippen molar-refractivity contribution in [1.82, 2.24) is 15.0 Å². The predicted molar refractivity (Wildman–Crippen MR) is 98.6 cm³/mol. The van der Waals surface area contributed by atoms with Crippen LogP contribution >= 0.6 is 0 Å². The van der Waals surface area contributed by atoms with Gasteiger partial charge < -0.3 is 14.7 Å². The van der Waals surface area contributed by atoms with Gasteiger partial charge >= 0.3 is 6.03 Å². The summed E-state index contributed by atoms with van der Waals surface area (Å²) in [5, 5.41) is 6.39. The van der Waals surface area contributed by atoms with Gasteiger partial charge in [-0.2, -0.15) is 4.98 Å². The number of amides is 2. The van der Waals surface area contributed by atoms with Gasteiger partial charge in [-0.1, -0.05) is 5.16 Å². The summed E-state index contributed by atoms with van der Waals surface area (Å²) in [6.45, 7) is 0.809. The lowest BCUT2D eigenvalue weighted by molar-refractivity contribution is 0.184. The van der Waals surface area contributed by atoms with Gasteiger partial charge in [0.1, 0.15) is 17.5 Å². The van der Waals surface area contributed by atoms with Crippen LogP contribution in [0, 0.1) is 17.5 Å². The number of benzene rings is 2. The maximum Gasteiger partial charge on any atom is 0.321 e. The highest BCUT2D eigenvalue weighted by atomic mass is 19.1. The van der Waals surface area contributed by atoms with Crippen molar-refractivity contribution in [3.8, 4) is 11.4 Å². The third-order valence-corrected chi connectivity index (χ3v) is 4.77. The maximum absolute atomic E-state index is 13.8. The van der Waals surface area contributed by atoms with Crippen molar-refractivity contribution in [3.05, 3.63) is 65.8 Å². The van der Waals surface area contributed by atoms with Crippen LogP contribution in [0.3, 0.4) is 0 Å². The Kier molecular flexibility index (Phi) is 5.20. The summed E-state index contributed by atoms with van der Waals surface area (Å²) in [7, 11) is 0. The van der Waals surface area contributed by atoms with Crippen molar-refractivity contribution in [2.75, 3.05) is 18.4 Å². The van der Waals surface area contributed by atoms with Gasteiger partial charge in [-0.25, -0.2) is 18.0 Å². The fourth-order valence-electron chi connectivity index (χ4n) is 3.27. The van der Waals surface area contributed by atoms with Gasteiger partial charge in [-0.05, 0) is 49.2 Å². The highest BCUT2D eigenvalue weighted by Gasteiger charge is 2.29. The minimum Gasteiger partial charge on any atom is -0.339 e. The molecule has 1 aliphatic heterocycles. The molecule has 150 valence electrons. The fraction of sp³-hybridized carbons (Fsp3) is 0.250. The standard InChI is InChI=1S/C20H17F3N4O2/c21-14-5-3-12(4-6-14)18-25-19(29-26-18)13-2-1-9-27(11-13)20(28)24-17-8-7-15(22)10-16(17)23/h3-8,10,13H,1-2,9,11H2,(H,24,28)/t13-/m0/s1. The Morgan fingerprint density at radius 2 is 1.86 bits per heavy atom. The molecule has 2 amide bonds. The highest BCUT2D eigenvalue weighted by Crippen LogP contribution is 2.28. The molecule has 1 aliphatic rings. The summed E-state index contributed by atoms with van der Waals surface area (Å²) in [6.07, 6.45) is 1.46. The molecule has 0 bridgehead atoms. The molecule has 0 radical (unpaired) electrons. The van der Waals surface area contributed by atoms with Crippen LogP contribution in [0.1, 0.15) is 24.7 Å². The van der Waals surface area contributed by atoms with E-state index in [0.717, 1.165) is 12.5 Å². The van der Waals surface area contributed by atoms with Crippen molar-refractivity contribution in [3.63, 3.8) is 0 Å². The summed E-state index contributed by atoms with van der Waals surface area (Å²) in [5.41, 5.74) is 0.536. The molecule has 1 atom stereocenters. The number of carbonyl (C=O) groups excluding carboxylic acids is 1. The summed E-state index contributed by atoms with van der Waals surface area (Å²) in [6, 6.07) is 8.22. The van der Waals surface area contributed by atoms with Crippen molar-refractivity contribution >= 4 is 11.7 Å². The summed E-state index contributed by atoms with van der Waals surface area (Å²) in [4.78, 5) is 18.4. The highest BCUT2D eigenvalue weighted by molar-refractivity contribution is 5.89. The molecule has 1 N–H and O–H groups in total. The number of halogens is 3. The molecule has 0 spiro atoms. The quantitative estimate of drug-likeness (QED) is 0.697. The first-order valence-corrected chi connectivity index (χ1v) is 9.10. The van der Waals surface area contributed by atoms with Gasteiger partial charge in [0.2, 0.25) is 11.7 Å². The van der Waals surface area contributed by atoms with Crippen LogP contribution in [-0.2, 0) is 0 Å². The SMILES string of the molecule is O=C(Nc1ccc(F)cc1F)N1CCC[C@H](c2nc(-c3ccc(F)cc3)no2)C1. The second-order valence-electron chi connectivity index (χ2n) is 6.80. The van der Waals surface area contributed by atoms with Gasteiger partial charge in [-0.3, -0.25) is 0 Å². The van der Waals surface area contributed by atoms with Crippen LogP contribution in [0.15, 0.2) is 47.0 Å². The number of carbonyl (C=O) groups is 1. The smallest absolute Gasteiger partial charge is 0.321 e. The van der Waals surface area contributed by atoms with E-state index in [1.807, 2.05) is 0 Å². The van der Waals surface area contributed by atoms with E-state index in [9.17, 15) is 18.0 Å². The molecule has 1 aromatic heterocycles. The lowest BCUT2D eigenvalue weighted by Gasteiger charge is -2.31. The lowest BCUT2D eigenvalue weighted by Crippen LogP contribution is -2.41. The molecular weight excluding hydrogens is 385 g/mol. The molecule has 2 aromatic carbocycles. The van der Waals surface area contributed by atoms with Crippen LogP contribution < -0.4 is 5.32 Å². The molecule has 0 saturated carbocycles. The predicted octanol–water partition coefficient (Wildman–Crippen LogP) is 4.57. The minimum absolute atomic E-state index is 0.0880. The average Bonchev–Trinajstić information content (AvgIpc) is 3.21. The van der Waals surface area contributed by atoms with E-state index in [0.29, 0.717) is 42.9 Å². The number of anilines is 1. The number of urea groups is 1. The van der Waals surface area contributed by atoms with Crippen molar-refractivity contribution < 1.29 is 22.5 Å². The Balaban J connectivity index is 1.44. The largest absolute Gasteiger partial charge is 0.339 e. The van der Waals surface area contributed by atoms with E-state index in [1.54, 1.807) is 12.1 Å². The second-order valence-corrected chi connectivity index (χ2v) is 6.80. The van der Waals surface area contributed by atoms with Crippen LogP contribution in [0.4, 0.5) is 23.7 Å². The van der Waals surface area contributed by atoms with Crippen LogP contribution in [0.2, 0.25) is 0 Å². The Bertz CT molecular complexity index is 1020. The molecule has 2 heterocycles. The molecule has 1 saturated heterocycles. The summed E-state index contributed by atoms with van der Waals surface area (Å²) >= 11 is 0. The van der Waals surface area contributed by atoms with Crippen LogP contribution in [0.25, 0.3) is 11.4 Å². The normalized spacial score (nSPS) is 16.7. The Morgan fingerprint density at radius 3 is 2.62 bits per heavy atom. The van der Waals surface area contributed by atoms with Crippen molar-refractivity contribution in [2.24, 2.45) is 0 Å². The maximum atomic E-state index is 13.8. The first-order valence-electron chi connectivity index (χ1n) is 9.10. The molecule has 3 aromatic rings. The fourth-order valence-corrected chi connectivity index (χ4v) is 3.27. The number of piperidine rings is 1. The van der Waals surface area contributed by atoms with Crippen LogP contribution in [0.5, 0.6) is 0 Å². The van der Waals surface area contributed by atoms with Crippen molar-refractivity contribution in [2.45, 2.75) is 18.8 Å². The third-order valence-electron chi connectivity index (χ3n) is 4.77. The number of aromatic nitrogens is 2. The first kappa shape index (κ1) is 19.0. The lowest BCUT2D eigenvalue weighted by atomic mass is 9.98. The number of nitrogens with zero attached hydrogens (tertiary/aromatic N) is 3. The summed E-state index contributed by atoms with van der Waals surface area (Å²) < 4.78 is 45.2. The number of hydrogen-bond acceptors (Lipinski definition) is 4. The Labute approximate surface area is 164 Å². The van der Waals surface area contributed by atoms with Gasteiger partial charge in [0.25, 0.3) is 0 Å². The van der Waals surface area contributed by atoms with Gasteiger partial charge in [0.15, 0.2) is 0 Å². The Morgan fingerprint density at radius 1 is 1.10 bits per heavy atom. The van der Waals surface area contributed by atoms with E-state index in [1.165, 1.54) is 23.1 Å². The molecule has 4 rings (SSSR count). The van der Waals surface area contributed by atoms with E-state index in [-0.39, 0.29) is 17.4 Å². The van der Waals surface area contributed by atoms with E-state index >= 15 is 0 Å². The van der Waals surface area contributed by atoms with Crippen molar-refractivity contribution in [1.29, 1.82) is 0 Å². The molecule has 9 heteroatoms. The molecule has 0 aliphatic carbocycles. The number of nitrogens with one attached hydrogen (secondary N) is 1. The topological polar surface area (TPSA) is 71.3 Å². The molecule has 1 fully saturated rings. The molecule has 29 heavy (non-hydrogen) atoms. The minimum atomic E-state index is -0.840. The first-order chi connectivity index (χ1) is 14.0. The number of hydrogen-bond donors (Lipinski definition) is 1. The molecule has 0 unspecified atom stereocenters. The number of likely N-dealkylation sites (tertiary alicyclic amines) is 1. The zero-order chi connectivity index (χ0) is 20.4. The zero-order valence-corrected chi connectivity index (χ0v) is 15.2. The second kappa shape index (κ2) is 7.94. The van der Waals surface area contributed by atoms with E-state index < -0.39 is 17.7 Å². The molecule has 6 nitrogen and oxygen atoms in total. The summed E-state index contributed by atoms with van der Waals surface area (Å²) in [5.74, 6) is -1.36. The van der Waals surface area contributed by atoms with Gasteiger partial charge in [-0.15, -0.1) is 0 Å². The zero-order valence-electron chi connectivity index (χ0n) is 15.2. The van der Waals surface area contributed by atoms with E-state index in [2.05, 4.69) is 15.5 Å². The van der Waals surface area contributed by atoms with E-state index in [4.69, 9.17) is 4.52 Å². The van der Waals surface area contributed by atoms with Gasteiger partial charge in [0, 0.05) is 24.7 Å². The molecular formula is C20H17F3N4O2.